The van der Waals surface area contributed by atoms with E-state index in [0.717, 1.165) is 12.8 Å². The van der Waals surface area contributed by atoms with Crippen LogP contribution in [0.2, 0.25) is 0 Å². The molecule has 1 amide bonds. The van der Waals surface area contributed by atoms with Gasteiger partial charge in [-0.15, -0.1) is 0 Å². The molecule has 2 atom stereocenters. The third kappa shape index (κ3) is 3.27. The lowest BCUT2D eigenvalue weighted by Crippen LogP contribution is -2.38. The maximum atomic E-state index is 11.0. The standard InChI is InChI=1S/C10H20N2O2/c11-5-10(14)12-6-8-3-1-2-4-9(8)7-13/h8-9,13H,1-7,11H2,(H,12,14). The summed E-state index contributed by atoms with van der Waals surface area (Å²) in [6.07, 6.45) is 4.60. The van der Waals surface area contributed by atoms with Crippen LogP contribution in [0.3, 0.4) is 0 Å². The minimum Gasteiger partial charge on any atom is -0.396 e. The van der Waals surface area contributed by atoms with Crippen LogP contribution in [0.1, 0.15) is 25.7 Å². The van der Waals surface area contributed by atoms with Crippen molar-refractivity contribution in [3.8, 4) is 0 Å². The van der Waals surface area contributed by atoms with Gasteiger partial charge in [0.25, 0.3) is 0 Å². The molecule has 1 saturated carbocycles. The quantitative estimate of drug-likeness (QED) is 0.591. The van der Waals surface area contributed by atoms with Crippen molar-refractivity contribution >= 4 is 5.91 Å². The van der Waals surface area contributed by atoms with Crippen LogP contribution in [0.15, 0.2) is 0 Å². The Morgan fingerprint density at radius 3 is 2.57 bits per heavy atom. The molecule has 0 radical (unpaired) electrons. The fourth-order valence-corrected chi connectivity index (χ4v) is 2.11. The van der Waals surface area contributed by atoms with Crippen molar-refractivity contribution in [3.05, 3.63) is 0 Å². The highest BCUT2D eigenvalue weighted by molar-refractivity contribution is 5.77. The number of carbonyl (C=O) groups excluding carboxylic acids is 1. The van der Waals surface area contributed by atoms with Crippen LogP contribution in [-0.4, -0.2) is 30.7 Å². The van der Waals surface area contributed by atoms with E-state index in [9.17, 15) is 4.79 Å². The minimum atomic E-state index is -0.104. The first-order chi connectivity index (χ1) is 6.77. The maximum Gasteiger partial charge on any atom is 0.233 e. The number of amides is 1. The second kappa shape index (κ2) is 5.98. The van der Waals surface area contributed by atoms with Gasteiger partial charge in [0, 0.05) is 13.2 Å². The van der Waals surface area contributed by atoms with Crippen molar-refractivity contribution < 1.29 is 9.90 Å². The largest absolute Gasteiger partial charge is 0.396 e. The Bertz CT molecular complexity index is 185. The molecule has 4 nitrogen and oxygen atoms in total. The number of aliphatic hydroxyl groups is 1. The first-order valence-electron chi connectivity index (χ1n) is 5.35. The molecule has 0 heterocycles. The summed E-state index contributed by atoms with van der Waals surface area (Å²) < 4.78 is 0. The van der Waals surface area contributed by atoms with Crippen molar-refractivity contribution in [3.63, 3.8) is 0 Å². The molecule has 1 rings (SSSR count). The van der Waals surface area contributed by atoms with E-state index in [4.69, 9.17) is 10.8 Å². The van der Waals surface area contributed by atoms with Crippen LogP contribution in [-0.2, 0) is 4.79 Å². The summed E-state index contributed by atoms with van der Waals surface area (Å²) >= 11 is 0. The monoisotopic (exact) mass is 200 g/mol. The fraction of sp³-hybridized carbons (Fsp3) is 0.900. The number of aliphatic hydroxyl groups excluding tert-OH is 1. The molecule has 1 aliphatic carbocycles. The highest BCUT2D eigenvalue weighted by Gasteiger charge is 2.24. The zero-order valence-corrected chi connectivity index (χ0v) is 8.54. The van der Waals surface area contributed by atoms with E-state index in [1.165, 1.54) is 12.8 Å². The van der Waals surface area contributed by atoms with E-state index in [0.29, 0.717) is 18.4 Å². The van der Waals surface area contributed by atoms with Gasteiger partial charge in [0.15, 0.2) is 0 Å². The average molecular weight is 200 g/mol. The molecule has 0 aromatic carbocycles. The van der Waals surface area contributed by atoms with Crippen LogP contribution in [0.25, 0.3) is 0 Å². The molecule has 1 aliphatic rings. The molecule has 0 bridgehead atoms. The summed E-state index contributed by atoms with van der Waals surface area (Å²) in [5.74, 6) is 0.693. The van der Waals surface area contributed by atoms with Gasteiger partial charge in [-0.25, -0.2) is 0 Å². The topological polar surface area (TPSA) is 75.4 Å². The molecule has 82 valence electrons. The smallest absolute Gasteiger partial charge is 0.233 e. The van der Waals surface area contributed by atoms with Crippen LogP contribution in [0.5, 0.6) is 0 Å². The van der Waals surface area contributed by atoms with Crippen molar-refractivity contribution in [2.45, 2.75) is 25.7 Å². The second-order valence-corrected chi connectivity index (χ2v) is 4.00. The lowest BCUT2D eigenvalue weighted by Gasteiger charge is -2.30. The Labute approximate surface area is 84.9 Å². The third-order valence-electron chi connectivity index (χ3n) is 3.05. The van der Waals surface area contributed by atoms with Gasteiger partial charge < -0.3 is 16.2 Å². The van der Waals surface area contributed by atoms with E-state index in [1.54, 1.807) is 0 Å². The van der Waals surface area contributed by atoms with Crippen molar-refractivity contribution in [2.24, 2.45) is 17.6 Å². The fourth-order valence-electron chi connectivity index (χ4n) is 2.11. The van der Waals surface area contributed by atoms with Gasteiger partial charge in [0.1, 0.15) is 0 Å². The first-order valence-corrected chi connectivity index (χ1v) is 5.35. The molecule has 0 aliphatic heterocycles. The molecule has 1 fully saturated rings. The number of carbonyl (C=O) groups is 1. The van der Waals surface area contributed by atoms with E-state index < -0.39 is 0 Å². The zero-order chi connectivity index (χ0) is 10.4. The minimum absolute atomic E-state index is 0.0521. The van der Waals surface area contributed by atoms with Gasteiger partial charge in [0.05, 0.1) is 6.54 Å². The Hall–Kier alpha value is -0.610. The molecule has 4 N–H and O–H groups in total. The normalized spacial score (nSPS) is 27.3. The number of hydrogen-bond acceptors (Lipinski definition) is 3. The SMILES string of the molecule is NCC(=O)NCC1CCCCC1CO. The summed E-state index contributed by atoms with van der Waals surface area (Å²) in [6, 6.07) is 0. The third-order valence-corrected chi connectivity index (χ3v) is 3.05. The van der Waals surface area contributed by atoms with Crippen LogP contribution >= 0.6 is 0 Å². The van der Waals surface area contributed by atoms with E-state index >= 15 is 0 Å². The second-order valence-electron chi connectivity index (χ2n) is 4.00. The summed E-state index contributed by atoms with van der Waals surface area (Å²) in [5, 5.41) is 11.9. The predicted molar refractivity (Wildman–Crippen MR) is 54.6 cm³/mol. The van der Waals surface area contributed by atoms with E-state index in [-0.39, 0.29) is 19.1 Å². The van der Waals surface area contributed by atoms with Crippen molar-refractivity contribution in [1.29, 1.82) is 0 Å². The summed E-state index contributed by atoms with van der Waals surface area (Å²) in [5.41, 5.74) is 5.19. The Kier molecular flexibility index (Phi) is 4.90. The molecule has 0 saturated heterocycles. The molecule has 14 heavy (non-hydrogen) atoms. The summed E-state index contributed by atoms with van der Waals surface area (Å²) in [6.45, 7) is 0.959. The van der Waals surface area contributed by atoms with Gasteiger partial charge in [0.2, 0.25) is 5.91 Å². The molecular weight excluding hydrogens is 180 g/mol. The number of nitrogens with one attached hydrogen (secondary N) is 1. The van der Waals surface area contributed by atoms with Crippen molar-refractivity contribution in [2.75, 3.05) is 19.7 Å². The highest BCUT2D eigenvalue weighted by Crippen LogP contribution is 2.28. The van der Waals surface area contributed by atoms with Crippen LogP contribution < -0.4 is 11.1 Å². The van der Waals surface area contributed by atoms with Gasteiger partial charge >= 0.3 is 0 Å². The van der Waals surface area contributed by atoms with Gasteiger partial charge in [-0.1, -0.05) is 12.8 Å². The molecule has 0 aromatic heterocycles. The van der Waals surface area contributed by atoms with Gasteiger partial charge in [-0.2, -0.15) is 0 Å². The predicted octanol–water partition coefficient (Wildman–Crippen LogP) is -0.140. The molecule has 4 heteroatoms. The van der Waals surface area contributed by atoms with Gasteiger partial charge in [-0.3, -0.25) is 4.79 Å². The number of rotatable bonds is 4. The average Bonchev–Trinajstić information content (AvgIpc) is 2.26. The summed E-state index contributed by atoms with van der Waals surface area (Å²) in [4.78, 5) is 11.0. The molecular formula is C10H20N2O2. The lowest BCUT2D eigenvalue weighted by molar-refractivity contribution is -0.120. The van der Waals surface area contributed by atoms with Gasteiger partial charge in [-0.05, 0) is 24.7 Å². The Balaban J connectivity index is 2.29. The maximum absolute atomic E-state index is 11.0. The van der Waals surface area contributed by atoms with E-state index in [2.05, 4.69) is 5.32 Å². The number of nitrogens with two attached hydrogens (primary N) is 1. The number of hydrogen-bond donors (Lipinski definition) is 3. The van der Waals surface area contributed by atoms with Crippen molar-refractivity contribution in [1.82, 2.24) is 5.32 Å². The zero-order valence-electron chi connectivity index (χ0n) is 8.54. The molecule has 2 unspecified atom stereocenters. The summed E-state index contributed by atoms with van der Waals surface area (Å²) in [7, 11) is 0. The van der Waals surface area contributed by atoms with Crippen LogP contribution in [0.4, 0.5) is 0 Å². The van der Waals surface area contributed by atoms with E-state index in [1.807, 2.05) is 0 Å². The van der Waals surface area contributed by atoms with Crippen LogP contribution in [0, 0.1) is 11.8 Å². The molecule has 0 spiro atoms. The lowest BCUT2D eigenvalue weighted by atomic mass is 9.79. The Morgan fingerprint density at radius 1 is 1.36 bits per heavy atom. The molecule has 0 aromatic rings. The Morgan fingerprint density at radius 2 is 2.00 bits per heavy atom. The first kappa shape index (κ1) is 11.5. The highest BCUT2D eigenvalue weighted by atomic mass is 16.3.